The third-order valence-corrected chi connectivity index (χ3v) is 5.88. The van der Waals surface area contributed by atoms with Gasteiger partial charge in [-0.2, -0.15) is 0 Å². The van der Waals surface area contributed by atoms with Gasteiger partial charge in [0.25, 0.3) is 0 Å². The monoisotopic (exact) mass is 371 g/mol. The zero-order valence-electron chi connectivity index (χ0n) is 15.3. The van der Waals surface area contributed by atoms with Crippen LogP contribution in [0.1, 0.15) is 31.9 Å². The average Bonchev–Trinajstić information content (AvgIpc) is 3.02. The summed E-state index contributed by atoms with van der Waals surface area (Å²) in [5, 5.41) is 4.55. The number of fused-ring (bicyclic) bond motifs is 1. The van der Waals surface area contributed by atoms with E-state index in [1.165, 1.54) is 10.9 Å². The maximum Gasteiger partial charge on any atom is 0.241 e. The van der Waals surface area contributed by atoms with Gasteiger partial charge in [-0.1, -0.05) is 30.3 Å². The third-order valence-electron chi connectivity index (χ3n) is 4.02. The van der Waals surface area contributed by atoms with Crippen LogP contribution >= 0.6 is 0 Å². The van der Waals surface area contributed by atoms with Gasteiger partial charge in [-0.25, -0.2) is 13.1 Å². The van der Waals surface area contributed by atoms with E-state index in [4.69, 9.17) is 0 Å². The Morgan fingerprint density at radius 3 is 2.38 bits per heavy atom. The summed E-state index contributed by atoms with van der Waals surface area (Å²) in [7, 11) is -3.56. The molecule has 0 aliphatic rings. The van der Waals surface area contributed by atoms with E-state index in [-0.39, 0.29) is 0 Å². The zero-order chi connectivity index (χ0) is 18.8. The van der Waals surface area contributed by atoms with Crippen LogP contribution in [0.2, 0.25) is 0 Å². The van der Waals surface area contributed by atoms with Crippen LogP contribution < -0.4 is 10.0 Å². The van der Waals surface area contributed by atoms with Crippen LogP contribution in [-0.2, 0) is 23.1 Å². The summed E-state index contributed by atoms with van der Waals surface area (Å²) >= 11 is 0. The van der Waals surface area contributed by atoms with Crippen molar-refractivity contribution in [2.75, 3.05) is 0 Å². The Balaban J connectivity index is 1.76. The van der Waals surface area contributed by atoms with E-state index < -0.39 is 15.6 Å². The first-order valence-corrected chi connectivity index (χ1v) is 10.1. The van der Waals surface area contributed by atoms with Gasteiger partial charge in [-0.3, -0.25) is 0 Å². The van der Waals surface area contributed by atoms with Crippen LogP contribution in [0.4, 0.5) is 0 Å². The second-order valence-electron chi connectivity index (χ2n) is 7.42. The minimum absolute atomic E-state index is 0.322. The lowest BCUT2D eigenvalue weighted by atomic mass is 10.1. The number of rotatable bonds is 6. The van der Waals surface area contributed by atoms with E-state index in [1.807, 2.05) is 51.2 Å². The summed E-state index contributed by atoms with van der Waals surface area (Å²) in [6.45, 7) is 6.65. The van der Waals surface area contributed by atoms with Crippen molar-refractivity contribution in [2.45, 2.75) is 44.3 Å². The topological polar surface area (TPSA) is 74.0 Å². The Morgan fingerprint density at radius 1 is 0.923 bits per heavy atom. The molecule has 0 aliphatic carbocycles. The van der Waals surface area contributed by atoms with E-state index in [0.29, 0.717) is 18.0 Å². The molecule has 0 saturated carbocycles. The average molecular weight is 372 g/mol. The molecular weight excluding hydrogens is 346 g/mol. The molecule has 26 heavy (non-hydrogen) atoms. The summed E-state index contributed by atoms with van der Waals surface area (Å²) in [5.74, 6) is 0. The number of nitrogens with one attached hydrogen (secondary N) is 3. The predicted octanol–water partition coefficient (Wildman–Crippen LogP) is 3.53. The highest BCUT2D eigenvalue weighted by molar-refractivity contribution is 7.89. The molecule has 0 saturated heterocycles. The van der Waals surface area contributed by atoms with Crippen molar-refractivity contribution >= 4 is 20.9 Å². The standard InChI is InChI=1S/C20H25N3O2S/c1-20(2,3)23-26(24,25)19-10-5-4-7-16(19)14-21-13-15-8-6-9-18-17(15)11-12-22-18/h4-12,21-23H,13-14H2,1-3H3. The quantitative estimate of drug-likeness (QED) is 0.620. The maximum atomic E-state index is 12.7. The van der Waals surface area contributed by atoms with Gasteiger partial charge >= 0.3 is 0 Å². The van der Waals surface area contributed by atoms with Gasteiger partial charge in [0.05, 0.1) is 4.90 Å². The van der Waals surface area contributed by atoms with Crippen molar-refractivity contribution in [3.8, 4) is 0 Å². The molecule has 0 radical (unpaired) electrons. The van der Waals surface area contributed by atoms with Crippen LogP contribution in [0.5, 0.6) is 0 Å². The second-order valence-corrected chi connectivity index (χ2v) is 9.07. The zero-order valence-corrected chi connectivity index (χ0v) is 16.2. The molecular formula is C20H25N3O2S. The smallest absolute Gasteiger partial charge is 0.241 e. The lowest BCUT2D eigenvalue weighted by molar-refractivity contribution is 0.490. The SMILES string of the molecule is CC(C)(C)NS(=O)(=O)c1ccccc1CNCc1cccc2[nH]ccc12. The molecule has 1 heterocycles. The summed E-state index contributed by atoms with van der Waals surface area (Å²) < 4.78 is 28.1. The van der Waals surface area contributed by atoms with E-state index in [9.17, 15) is 8.42 Å². The maximum absolute atomic E-state index is 12.7. The molecule has 3 aromatic rings. The first-order valence-electron chi connectivity index (χ1n) is 8.64. The van der Waals surface area contributed by atoms with Crippen LogP contribution in [0, 0.1) is 0 Å². The van der Waals surface area contributed by atoms with Crippen LogP contribution in [-0.4, -0.2) is 18.9 Å². The van der Waals surface area contributed by atoms with E-state index in [2.05, 4.69) is 27.2 Å². The van der Waals surface area contributed by atoms with Gasteiger partial charge in [0.15, 0.2) is 0 Å². The molecule has 0 fully saturated rings. The molecule has 2 aromatic carbocycles. The highest BCUT2D eigenvalue weighted by atomic mass is 32.2. The Labute approximate surface area is 154 Å². The summed E-state index contributed by atoms with van der Waals surface area (Å²) in [5.41, 5.74) is 2.51. The lowest BCUT2D eigenvalue weighted by Gasteiger charge is -2.21. The summed E-state index contributed by atoms with van der Waals surface area (Å²) in [4.78, 5) is 3.52. The van der Waals surface area contributed by atoms with Gasteiger partial charge < -0.3 is 10.3 Å². The minimum atomic E-state index is -3.56. The molecule has 0 bridgehead atoms. The Kier molecular flexibility index (Phi) is 5.18. The Hall–Kier alpha value is -2.15. The summed E-state index contributed by atoms with van der Waals surface area (Å²) in [6, 6.07) is 15.3. The number of benzene rings is 2. The van der Waals surface area contributed by atoms with Gasteiger partial charge in [0, 0.05) is 35.7 Å². The number of aromatic nitrogens is 1. The number of H-pyrrole nitrogens is 1. The van der Waals surface area contributed by atoms with Crippen molar-refractivity contribution < 1.29 is 8.42 Å². The number of hydrogen-bond acceptors (Lipinski definition) is 3. The highest BCUT2D eigenvalue weighted by Gasteiger charge is 2.24. The lowest BCUT2D eigenvalue weighted by Crippen LogP contribution is -2.40. The fourth-order valence-corrected chi connectivity index (χ4v) is 4.67. The van der Waals surface area contributed by atoms with E-state index in [1.54, 1.807) is 12.1 Å². The summed E-state index contributed by atoms with van der Waals surface area (Å²) in [6.07, 6.45) is 1.92. The molecule has 0 amide bonds. The first kappa shape index (κ1) is 18.6. The molecule has 0 spiro atoms. The normalized spacial score (nSPS) is 12.6. The molecule has 0 aliphatic heterocycles. The van der Waals surface area contributed by atoms with Crippen molar-refractivity contribution in [3.63, 3.8) is 0 Å². The van der Waals surface area contributed by atoms with Gasteiger partial charge in [0.1, 0.15) is 0 Å². The molecule has 0 atom stereocenters. The molecule has 1 aromatic heterocycles. The number of aromatic amines is 1. The molecule has 5 nitrogen and oxygen atoms in total. The van der Waals surface area contributed by atoms with E-state index in [0.717, 1.165) is 11.1 Å². The van der Waals surface area contributed by atoms with Gasteiger partial charge in [-0.05, 0) is 50.1 Å². The second kappa shape index (κ2) is 7.23. The fraction of sp³-hybridized carbons (Fsp3) is 0.300. The molecule has 0 unspecified atom stereocenters. The molecule has 3 rings (SSSR count). The van der Waals surface area contributed by atoms with Crippen molar-refractivity contribution in [2.24, 2.45) is 0 Å². The van der Waals surface area contributed by atoms with Crippen LogP contribution in [0.15, 0.2) is 59.6 Å². The van der Waals surface area contributed by atoms with Crippen molar-refractivity contribution in [3.05, 3.63) is 65.9 Å². The van der Waals surface area contributed by atoms with Crippen LogP contribution in [0.25, 0.3) is 10.9 Å². The van der Waals surface area contributed by atoms with Crippen molar-refractivity contribution in [1.29, 1.82) is 0 Å². The highest BCUT2D eigenvalue weighted by Crippen LogP contribution is 2.19. The first-order chi connectivity index (χ1) is 12.3. The van der Waals surface area contributed by atoms with Crippen molar-refractivity contribution in [1.82, 2.24) is 15.0 Å². The predicted molar refractivity (Wildman–Crippen MR) is 105 cm³/mol. The molecule has 3 N–H and O–H groups in total. The fourth-order valence-electron chi connectivity index (χ4n) is 3.01. The van der Waals surface area contributed by atoms with Crippen LogP contribution in [0.3, 0.4) is 0 Å². The molecule has 6 heteroatoms. The Morgan fingerprint density at radius 2 is 1.62 bits per heavy atom. The van der Waals surface area contributed by atoms with Gasteiger partial charge in [-0.15, -0.1) is 0 Å². The number of sulfonamides is 1. The Bertz CT molecular complexity index is 1000. The minimum Gasteiger partial charge on any atom is -0.361 e. The van der Waals surface area contributed by atoms with E-state index >= 15 is 0 Å². The third kappa shape index (κ3) is 4.33. The van der Waals surface area contributed by atoms with Gasteiger partial charge in [0.2, 0.25) is 10.0 Å². The number of hydrogen-bond donors (Lipinski definition) is 3. The largest absolute Gasteiger partial charge is 0.361 e. The molecule has 138 valence electrons.